The van der Waals surface area contributed by atoms with Gasteiger partial charge in [-0.2, -0.15) is 4.98 Å². The van der Waals surface area contributed by atoms with Gasteiger partial charge in [0.05, 0.1) is 5.69 Å². The fourth-order valence-electron chi connectivity index (χ4n) is 4.28. The maximum absolute atomic E-state index is 12.9. The second-order valence-electron chi connectivity index (χ2n) is 8.81. The normalized spacial score (nSPS) is 16.4. The Hall–Kier alpha value is -4.27. The summed E-state index contributed by atoms with van der Waals surface area (Å²) in [6.45, 7) is 0.452. The number of carbonyl (C=O) groups excluding carboxylic acids is 1. The van der Waals surface area contributed by atoms with E-state index in [0.29, 0.717) is 30.2 Å². The molecule has 0 N–H and O–H groups in total. The van der Waals surface area contributed by atoms with Gasteiger partial charge in [-0.05, 0) is 48.6 Å². The summed E-state index contributed by atoms with van der Waals surface area (Å²) in [5, 5.41) is 0. The molecular weight excluding hydrogens is 462 g/mol. The van der Waals surface area contributed by atoms with Crippen molar-refractivity contribution >= 4 is 5.91 Å². The Kier molecular flexibility index (Phi) is 6.62. The van der Waals surface area contributed by atoms with E-state index in [0.717, 1.165) is 29.5 Å². The highest BCUT2D eigenvalue weighted by atomic mass is 16.6. The minimum atomic E-state index is -0.581. The zero-order valence-electron chi connectivity index (χ0n) is 20.2. The van der Waals surface area contributed by atoms with Crippen molar-refractivity contribution in [3.05, 3.63) is 88.7 Å². The molecule has 0 radical (unpaired) electrons. The van der Waals surface area contributed by atoms with Crippen molar-refractivity contribution in [3.63, 3.8) is 0 Å². The molecule has 5 rings (SSSR count). The maximum atomic E-state index is 12.9. The first-order valence-electron chi connectivity index (χ1n) is 11.8. The van der Waals surface area contributed by atoms with Gasteiger partial charge in [0.25, 0.3) is 5.91 Å². The third-order valence-corrected chi connectivity index (χ3v) is 6.21. The summed E-state index contributed by atoms with van der Waals surface area (Å²) in [5.41, 5.74) is 3.25. The molecule has 0 fully saturated rings. The van der Waals surface area contributed by atoms with Crippen LogP contribution in [0.4, 0.5) is 0 Å². The average Bonchev–Trinajstić information content (AvgIpc) is 2.91. The Morgan fingerprint density at radius 1 is 1.22 bits per heavy atom. The SMILES string of the molecule is CN(C)C(=O)COc1ccc2c(c1)CCn1c-2cc(OC(C2=CC=CCC2)C2=COC=CO2)nc1=O. The Morgan fingerprint density at radius 2 is 2.11 bits per heavy atom. The number of hydrogen-bond acceptors (Lipinski definition) is 7. The molecule has 3 aliphatic rings. The highest BCUT2D eigenvalue weighted by Gasteiger charge is 2.27. The van der Waals surface area contributed by atoms with Gasteiger partial charge in [0.2, 0.25) is 5.88 Å². The van der Waals surface area contributed by atoms with Crippen LogP contribution in [0, 0.1) is 0 Å². The number of aryl methyl sites for hydroxylation is 1. The van der Waals surface area contributed by atoms with Crippen LogP contribution in [0.1, 0.15) is 18.4 Å². The van der Waals surface area contributed by atoms with Crippen LogP contribution in [0.25, 0.3) is 11.3 Å². The molecule has 1 aliphatic carbocycles. The molecule has 1 atom stereocenters. The molecule has 9 heteroatoms. The second-order valence-corrected chi connectivity index (χ2v) is 8.81. The molecule has 1 aromatic carbocycles. The summed E-state index contributed by atoms with van der Waals surface area (Å²) in [4.78, 5) is 30.5. The molecule has 0 saturated carbocycles. The van der Waals surface area contributed by atoms with Crippen LogP contribution in [0.5, 0.6) is 11.6 Å². The number of fused-ring (bicyclic) bond motifs is 3. The minimum absolute atomic E-state index is 0.0347. The average molecular weight is 490 g/mol. The molecule has 3 heterocycles. The summed E-state index contributed by atoms with van der Waals surface area (Å²) in [5.74, 6) is 1.18. The van der Waals surface area contributed by atoms with Crippen LogP contribution in [0.3, 0.4) is 0 Å². The van der Waals surface area contributed by atoms with Crippen molar-refractivity contribution in [2.45, 2.75) is 31.9 Å². The largest absolute Gasteiger partial charge is 0.484 e. The van der Waals surface area contributed by atoms with Crippen LogP contribution in [0.2, 0.25) is 0 Å². The van der Waals surface area contributed by atoms with Gasteiger partial charge < -0.3 is 23.8 Å². The molecule has 36 heavy (non-hydrogen) atoms. The van der Waals surface area contributed by atoms with E-state index in [4.69, 9.17) is 18.9 Å². The first kappa shape index (κ1) is 23.5. The molecule has 0 bridgehead atoms. The summed E-state index contributed by atoms with van der Waals surface area (Å²) in [6.07, 6.45) is 12.2. The van der Waals surface area contributed by atoms with E-state index in [1.807, 2.05) is 24.3 Å². The lowest BCUT2D eigenvalue weighted by Gasteiger charge is -2.26. The Morgan fingerprint density at radius 3 is 2.86 bits per heavy atom. The van der Waals surface area contributed by atoms with E-state index in [9.17, 15) is 9.59 Å². The standard InChI is InChI=1S/C27H27N3O6/c1-29(2)25(31)17-35-20-8-9-21-19(14-20)10-11-30-22(21)15-24(28-27(30)32)36-26(18-6-4-3-5-7-18)23-16-33-12-13-34-23/h3-4,6,8-9,12-16,26H,5,7,10-11,17H2,1-2H3. The number of rotatable bonds is 7. The fourth-order valence-corrected chi connectivity index (χ4v) is 4.28. The monoisotopic (exact) mass is 489 g/mol. The highest BCUT2D eigenvalue weighted by Crippen LogP contribution is 2.34. The lowest BCUT2D eigenvalue weighted by molar-refractivity contribution is -0.130. The number of aromatic nitrogens is 2. The molecule has 0 spiro atoms. The van der Waals surface area contributed by atoms with Gasteiger partial charge in [0.1, 0.15) is 24.5 Å². The topological polar surface area (TPSA) is 92.1 Å². The first-order valence-corrected chi connectivity index (χ1v) is 11.8. The number of benzene rings is 1. The van der Waals surface area contributed by atoms with Gasteiger partial charge in [-0.25, -0.2) is 4.79 Å². The molecule has 186 valence electrons. The Labute approximate surface area is 208 Å². The van der Waals surface area contributed by atoms with Gasteiger partial charge in [-0.3, -0.25) is 9.36 Å². The molecule has 1 unspecified atom stereocenters. The maximum Gasteiger partial charge on any atom is 0.351 e. The predicted octanol–water partition coefficient (Wildman–Crippen LogP) is 3.32. The van der Waals surface area contributed by atoms with Crippen molar-refractivity contribution in [1.29, 1.82) is 0 Å². The highest BCUT2D eigenvalue weighted by molar-refractivity contribution is 5.77. The molecule has 2 aromatic rings. The number of nitrogens with zero attached hydrogens (tertiary/aromatic N) is 3. The Balaban J connectivity index is 1.44. The fraction of sp³-hybridized carbons (Fsp3) is 0.296. The summed E-state index contributed by atoms with van der Waals surface area (Å²) in [6, 6.07) is 7.40. The van der Waals surface area contributed by atoms with E-state index in [-0.39, 0.29) is 24.1 Å². The third kappa shape index (κ3) is 4.91. The van der Waals surface area contributed by atoms with E-state index < -0.39 is 6.10 Å². The second kappa shape index (κ2) is 10.2. The zero-order valence-corrected chi connectivity index (χ0v) is 20.2. The lowest BCUT2D eigenvalue weighted by atomic mass is 9.97. The number of hydrogen-bond donors (Lipinski definition) is 0. The van der Waals surface area contributed by atoms with Crippen molar-refractivity contribution < 1.29 is 23.7 Å². The van der Waals surface area contributed by atoms with Crippen LogP contribution >= 0.6 is 0 Å². The van der Waals surface area contributed by atoms with Crippen molar-refractivity contribution in [2.24, 2.45) is 0 Å². The molecular formula is C27H27N3O6. The Bertz CT molecular complexity index is 1350. The van der Waals surface area contributed by atoms with Gasteiger partial charge >= 0.3 is 5.69 Å². The van der Waals surface area contributed by atoms with Crippen LogP contribution < -0.4 is 15.2 Å². The van der Waals surface area contributed by atoms with Crippen molar-refractivity contribution in [3.8, 4) is 22.9 Å². The third-order valence-electron chi connectivity index (χ3n) is 6.21. The van der Waals surface area contributed by atoms with Crippen molar-refractivity contribution in [2.75, 3.05) is 20.7 Å². The van der Waals surface area contributed by atoms with E-state index in [1.54, 1.807) is 30.8 Å². The van der Waals surface area contributed by atoms with Gasteiger partial charge in [0.15, 0.2) is 18.5 Å². The zero-order chi connectivity index (χ0) is 25.1. The molecule has 1 aromatic heterocycles. The van der Waals surface area contributed by atoms with Gasteiger partial charge in [-0.1, -0.05) is 18.2 Å². The predicted molar refractivity (Wildman–Crippen MR) is 132 cm³/mol. The van der Waals surface area contributed by atoms with Crippen LogP contribution in [-0.2, 0) is 27.2 Å². The molecule has 9 nitrogen and oxygen atoms in total. The van der Waals surface area contributed by atoms with E-state index >= 15 is 0 Å². The number of amides is 1. The van der Waals surface area contributed by atoms with Gasteiger partial charge in [0, 0.05) is 32.3 Å². The number of ether oxygens (including phenoxy) is 4. The number of likely N-dealkylation sites (N-methyl/N-ethyl adjacent to an activating group) is 1. The number of carbonyl (C=O) groups is 1. The van der Waals surface area contributed by atoms with Crippen LogP contribution in [-0.4, -0.2) is 47.2 Å². The van der Waals surface area contributed by atoms with Crippen LogP contribution in [0.15, 0.2) is 77.4 Å². The smallest absolute Gasteiger partial charge is 0.351 e. The van der Waals surface area contributed by atoms with E-state index in [1.165, 1.54) is 23.7 Å². The molecule has 1 amide bonds. The summed E-state index contributed by atoms with van der Waals surface area (Å²) < 4.78 is 24.5. The van der Waals surface area contributed by atoms with Gasteiger partial charge in [-0.15, -0.1) is 0 Å². The molecule has 2 aliphatic heterocycles. The first-order chi connectivity index (χ1) is 17.5. The molecule has 0 saturated heterocycles. The summed E-state index contributed by atoms with van der Waals surface area (Å²) in [7, 11) is 3.38. The quantitative estimate of drug-likeness (QED) is 0.589. The van der Waals surface area contributed by atoms with E-state index in [2.05, 4.69) is 11.1 Å². The lowest BCUT2D eigenvalue weighted by Crippen LogP contribution is -2.31. The van der Waals surface area contributed by atoms with Crippen molar-refractivity contribution in [1.82, 2.24) is 14.5 Å². The minimum Gasteiger partial charge on any atom is -0.484 e. The summed E-state index contributed by atoms with van der Waals surface area (Å²) >= 11 is 0. The number of allylic oxidation sites excluding steroid dienone is 3.